The third kappa shape index (κ3) is 4.90. The van der Waals surface area contributed by atoms with Crippen LogP contribution in [0, 0.1) is 6.92 Å². The Hall–Kier alpha value is -2.30. The van der Waals surface area contributed by atoms with Crippen molar-refractivity contribution in [3.05, 3.63) is 76.4 Å². The fourth-order valence-corrected chi connectivity index (χ4v) is 3.39. The van der Waals surface area contributed by atoms with Gasteiger partial charge in [-0.1, -0.05) is 36.4 Å². The fraction of sp³-hybridized carbons (Fsp3) is 0.318. The van der Waals surface area contributed by atoms with Crippen molar-refractivity contribution >= 4 is 17.6 Å². The Morgan fingerprint density at radius 3 is 2.48 bits per heavy atom. The number of methoxy groups -OCH3 is 1. The summed E-state index contributed by atoms with van der Waals surface area (Å²) in [7, 11) is 1.30. The first-order valence-electron chi connectivity index (χ1n) is 8.78. The average Bonchev–Trinajstić information content (AvgIpc) is 2.68. The predicted molar refractivity (Wildman–Crippen MR) is 107 cm³/mol. The molecule has 0 heterocycles. The highest BCUT2D eigenvalue weighted by molar-refractivity contribution is 6.18. The van der Waals surface area contributed by atoms with Crippen LogP contribution in [0.2, 0.25) is 0 Å². The van der Waals surface area contributed by atoms with Crippen LogP contribution in [0.1, 0.15) is 38.2 Å². The first kappa shape index (κ1) is 21.0. The lowest BCUT2D eigenvalue weighted by atomic mass is 9.88. The SMILES string of the molecule is C=CCc1c(O)c(C(=O)OC)c(C)c(CCCl)c1COCc1ccccc1. The molecule has 0 aliphatic carbocycles. The van der Waals surface area contributed by atoms with Crippen LogP contribution in [0.25, 0.3) is 0 Å². The van der Waals surface area contributed by atoms with E-state index in [1.807, 2.05) is 30.3 Å². The number of carbonyl (C=O) groups excluding carboxylic acids is 1. The molecule has 2 aromatic rings. The number of carbonyl (C=O) groups is 1. The molecule has 27 heavy (non-hydrogen) atoms. The summed E-state index contributed by atoms with van der Waals surface area (Å²) < 4.78 is 10.8. The van der Waals surface area contributed by atoms with Gasteiger partial charge in [0.2, 0.25) is 0 Å². The second-order valence-corrected chi connectivity index (χ2v) is 6.56. The molecular formula is C22H25ClO4. The van der Waals surface area contributed by atoms with Gasteiger partial charge in [0.05, 0.1) is 20.3 Å². The number of phenolic OH excluding ortho intramolecular Hbond substituents is 1. The van der Waals surface area contributed by atoms with Crippen molar-refractivity contribution in [1.29, 1.82) is 0 Å². The van der Waals surface area contributed by atoms with Crippen molar-refractivity contribution < 1.29 is 19.4 Å². The second-order valence-electron chi connectivity index (χ2n) is 6.19. The molecule has 4 nitrogen and oxygen atoms in total. The number of hydrogen-bond donors (Lipinski definition) is 1. The van der Waals surface area contributed by atoms with Crippen LogP contribution < -0.4 is 0 Å². The van der Waals surface area contributed by atoms with E-state index in [-0.39, 0.29) is 11.3 Å². The Labute approximate surface area is 165 Å². The Morgan fingerprint density at radius 1 is 1.19 bits per heavy atom. The molecule has 0 aliphatic rings. The number of alkyl halides is 1. The van der Waals surface area contributed by atoms with Gasteiger partial charge in [-0.05, 0) is 42.0 Å². The summed E-state index contributed by atoms with van der Waals surface area (Å²) in [6.45, 7) is 6.32. The minimum absolute atomic E-state index is 0.0733. The highest BCUT2D eigenvalue weighted by atomic mass is 35.5. The maximum absolute atomic E-state index is 12.2. The third-order valence-electron chi connectivity index (χ3n) is 4.52. The van der Waals surface area contributed by atoms with E-state index >= 15 is 0 Å². The minimum Gasteiger partial charge on any atom is -0.507 e. The van der Waals surface area contributed by atoms with E-state index in [4.69, 9.17) is 21.1 Å². The molecule has 0 aromatic heterocycles. The average molecular weight is 389 g/mol. The standard InChI is InChI=1S/C22H25ClO4/c1-4-8-18-19(14-27-13-16-9-6-5-7-10-16)17(11-12-23)15(2)20(21(18)24)22(25)26-3/h4-7,9-10,24H,1,8,11-14H2,2-3H3. The van der Waals surface area contributed by atoms with Gasteiger partial charge in [-0.2, -0.15) is 0 Å². The monoisotopic (exact) mass is 388 g/mol. The van der Waals surface area contributed by atoms with Gasteiger partial charge >= 0.3 is 5.97 Å². The Balaban J connectivity index is 2.45. The number of aromatic hydroxyl groups is 1. The molecule has 0 saturated heterocycles. The van der Waals surface area contributed by atoms with E-state index in [0.717, 1.165) is 16.7 Å². The Morgan fingerprint density at radius 2 is 1.89 bits per heavy atom. The highest BCUT2D eigenvalue weighted by Gasteiger charge is 2.25. The fourth-order valence-electron chi connectivity index (χ4n) is 3.20. The summed E-state index contributed by atoms with van der Waals surface area (Å²) in [6, 6.07) is 9.86. The lowest BCUT2D eigenvalue weighted by Gasteiger charge is -2.21. The minimum atomic E-state index is -0.567. The largest absolute Gasteiger partial charge is 0.507 e. The van der Waals surface area contributed by atoms with Crippen LogP contribution in [0.4, 0.5) is 0 Å². The maximum atomic E-state index is 12.2. The summed E-state index contributed by atoms with van der Waals surface area (Å²) in [5, 5.41) is 10.8. The van der Waals surface area contributed by atoms with Gasteiger partial charge in [-0.15, -0.1) is 18.2 Å². The van der Waals surface area contributed by atoms with Gasteiger partial charge in [0.1, 0.15) is 11.3 Å². The Kier molecular flexibility index (Phi) is 7.89. The smallest absolute Gasteiger partial charge is 0.341 e. The van der Waals surface area contributed by atoms with Crippen molar-refractivity contribution in [3.8, 4) is 5.75 Å². The summed E-state index contributed by atoms with van der Waals surface area (Å²) in [5.41, 5.74) is 4.31. The zero-order valence-corrected chi connectivity index (χ0v) is 16.5. The number of halogens is 1. The summed E-state index contributed by atoms with van der Waals surface area (Å²) >= 11 is 6.01. The number of benzene rings is 2. The molecule has 0 amide bonds. The van der Waals surface area contributed by atoms with Crippen molar-refractivity contribution in [2.75, 3.05) is 13.0 Å². The molecule has 0 bridgehead atoms. The van der Waals surface area contributed by atoms with Crippen LogP contribution in [-0.2, 0) is 35.5 Å². The highest BCUT2D eigenvalue weighted by Crippen LogP contribution is 2.35. The first-order valence-corrected chi connectivity index (χ1v) is 9.31. The molecule has 1 N–H and O–H groups in total. The quantitative estimate of drug-likeness (QED) is 0.384. The zero-order valence-electron chi connectivity index (χ0n) is 15.8. The molecule has 2 aromatic carbocycles. The molecule has 0 radical (unpaired) electrons. The van der Waals surface area contributed by atoms with Gasteiger partial charge in [0, 0.05) is 11.4 Å². The lowest BCUT2D eigenvalue weighted by molar-refractivity contribution is 0.0595. The summed E-state index contributed by atoms with van der Waals surface area (Å²) in [4.78, 5) is 12.2. The molecular weight excluding hydrogens is 364 g/mol. The number of allylic oxidation sites excluding steroid dienone is 1. The Bertz CT molecular complexity index is 800. The van der Waals surface area contributed by atoms with E-state index in [0.29, 0.717) is 43.1 Å². The first-order chi connectivity index (χ1) is 13.0. The molecule has 0 spiro atoms. The number of rotatable bonds is 9. The van der Waals surface area contributed by atoms with E-state index in [2.05, 4.69) is 6.58 Å². The summed E-state index contributed by atoms with van der Waals surface area (Å²) in [6.07, 6.45) is 2.66. The third-order valence-corrected chi connectivity index (χ3v) is 4.71. The maximum Gasteiger partial charge on any atom is 0.341 e. The second kappa shape index (κ2) is 10.1. The van der Waals surface area contributed by atoms with E-state index in [9.17, 15) is 9.90 Å². The molecule has 0 unspecified atom stereocenters. The van der Waals surface area contributed by atoms with E-state index in [1.54, 1.807) is 13.0 Å². The van der Waals surface area contributed by atoms with Crippen LogP contribution in [0.5, 0.6) is 5.75 Å². The van der Waals surface area contributed by atoms with Crippen LogP contribution in [-0.4, -0.2) is 24.1 Å². The van der Waals surface area contributed by atoms with Crippen LogP contribution in [0.15, 0.2) is 43.0 Å². The van der Waals surface area contributed by atoms with Crippen LogP contribution >= 0.6 is 11.6 Å². The van der Waals surface area contributed by atoms with Gasteiger partial charge < -0.3 is 14.6 Å². The topological polar surface area (TPSA) is 55.8 Å². The molecule has 144 valence electrons. The van der Waals surface area contributed by atoms with Crippen molar-refractivity contribution in [2.45, 2.75) is 33.0 Å². The molecule has 0 atom stereocenters. The molecule has 5 heteroatoms. The lowest BCUT2D eigenvalue weighted by Crippen LogP contribution is -2.13. The van der Waals surface area contributed by atoms with Crippen LogP contribution in [0.3, 0.4) is 0 Å². The number of phenols is 1. The van der Waals surface area contributed by atoms with Gasteiger partial charge in [-0.3, -0.25) is 0 Å². The normalized spacial score (nSPS) is 10.6. The van der Waals surface area contributed by atoms with Gasteiger partial charge in [0.15, 0.2) is 0 Å². The number of ether oxygens (including phenoxy) is 2. The van der Waals surface area contributed by atoms with Crippen molar-refractivity contribution in [3.63, 3.8) is 0 Å². The van der Waals surface area contributed by atoms with Crippen molar-refractivity contribution in [1.82, 2.24) is 0 Å². The number of hydrogen-bond acceptors (Lipinski definition) is 4. The van der Waals surface area contributed by atoms with E-state index < -0.39 is 5.97 Å². The zero-order chi connectivity index (χ0) is 19.8. The molecule has 2 rings (SSSR count). The predicted octanol–water partition coefficient (Wildman–Crippen LogP) is 4.71. The van der Waals surface area contributed by atoms with Crippen molar-refractivity contribution in [2.24, 2.45) is 0 Å². The van der Waals surface area contributed by atoms with E-state index in [1.165, 1.54) is 7.11 Å². The molecule has 0 fully saturated rings. The number of esters is 1. The van der Waals surface area contributed by atoms with Gasteiger partial charge in [0.25, 0.3) is 0 Å². The molecule has 0 aliphatic heterocycles. The van der Waals surface area contributed by atoms with Gasteiger partial charge in [-0.25, -0.2) is 4.79 Å². The summed E-state index contributed by atoms with van der Waals surface area (Å²) in [5.74, 6) is -0.246. The molecule has 0 saturated carbocycles.